The largest absolute Gasteiger partial charge is 0.495 e. The van der Waals surface area contributed by atoms with E-state index in [1.165, 1.54) is 12.8 Å². The van der Waals surface area contributed by atoms with Crippen LogP contribution in [0.15, 0.2) is 18.3 Å². The van der Waals surface area contributed by atoms with E-state index in [-0.39, 0.29) is 11.6 Å². The number of ether oxygens (including phenoxy) is 2. The average Bonchev–Trinajstić information content (AvgIpc) is 2.50. The first-order chi connectivity index (χ1) is 9.66. The zero-order valence-corrected chi connectivity index (χ0v) is 13.0. The fraction of sp³-hybridized carbons (Fsp3) is 0.688. The van der Waals surface area contributed by atoms with Gasteiger partial charge in [-0.2, -0.15) is 0 Å². The Morgan fingerprint density at radius 2 is 2.05 bits per heavy atom. The monoisotopic (exact) mass is 278 g/mol. The number of nitrogens with one attached hydrogen (secondary N) is 1. The first kappa shape index (κ1) is 15.3. The molecule has 0 amide bonds. The maximum atomic E-state index is 5.98. The second-order valence-electron chi connectivity index (χ2n) is 5.76. The molecule has 1 atom stereocenters. The fourth-order valence-corrected chi connectivity index (χ4v) is 3.30. The fourth-order valence-electron chi connectivity index (χ4n) is 3.30. The first-order valence-corrected chi connectivity index (χ1v) is 7.38. The van der Waals surface area contributed by atoms with Gasteiger partial charge < -0.3 is 14.8 Å². The van der Waals surface area contributed by atoms with Crippen LogP contribution in [0.5, 0.6) is 5.75 Å². The molecule has 0 bridgehead atoms. The van der Waals surface area contributed by atoms with E-state index in [4.69, 9.17) is 9.47 Å². The molecular formula is C16H26N2O2. The number of likely N-dealkylation sites (N-methyl/N-ethyl adjacent to an activating group) is 1. The molecule has 0 radical (unpaired) electrons. The molecule has 1 saturated carbocycles. The van der Waals surface area contributed by atoms with E-state index in [0.717, 1.165) is 30.2 Å². The lowest BCUT2D eigenvalue weighted by molar-refractivity contribution is -0.0758. The van der Waals surface area contributed by atoms with Crippen molar-refractivity contribution in [2.24, 2.45) is 5.92 Å². The lowest BCUT2D eigenvalue weighted by Gasteiger charge is -2.43. The smallest absolute Gasteiger partial charge is 0.142 e. The molecule has 1 aliphatic carbocycles. The number of pyridine rings is 1. The lowest BCUT2D eigenvalue weighted by atomic mass is 9.74. The molecule has 4 heteroatoms. The van der Waals surface area contributed by atoms with Crippen molar-refractivity contribution in [2.75, 3.05) is 21.3 Å². The van der Waals surface area contributed by atoms with Gasteiger partial charge in [0.05, 0.1) is 18.8 Å². The molecule has 2 rings (SSSR count). The third-order valence-corrected chi connectivity index (χ3v) is 4.64. The van der Waals surface area contributed by atoms with Gasteiger partial charge in [-0.25, -0.2) is 0 Å². The van der Waals surface area contributed by atoms with Crippen molar-refractivity contribution in [1.82, 2.24) is 10.3 Å². The number of rotatable bonds is 5. The maximum Gasteiger partial charge on any atom is 0.142 e. The number of methoxy groups -OCH3 is 2. The van der Waals surface area contributed by atoms with Gasteiger partial charge in [0.25, 0.3) is 0 Å². The van der Waals surface area contributed by atoms with Gasteiger partial charge in [-0.05, 0) is 50.8 Å². The average molecular weight is 278 g/mol. The molecule has 1 heterocycles. The van der Waals surface area contributed by atoms with Gasteiger partial charge in [-0.1, -0.05) is 6.92 Å². The molecule has 1 aromatic heterocycles. The predicted octanol–water partition coefficient (Wildman–Crippen LogP) is 2.95. The summed E-state index contributed by atoms with van der Waals surface area (Å²) in [5, 5.41) is 3.40. The van der Waals surface area contributed by atoms with Crippen molar-refractivity contribution in [1.29, 1.82) is 0 Å². The van der Waals surface area contributed by atoms with Gasteiger partial charge >= 0.3 is 0 Å². The van der Waals surface area contributed by atoms with Gasteiger partial charge in [0, 0.05) is 13.3 Å². The number of aromatic nitrogens is 1. The Labute approximate surface area is 121 Å². The topological polar surface area (TPSA) is 43.4 Å². The van der Waals surface area contributed by atoms with Crippen LogP contribution in [-0.2, 0) is 4.74 Å². The molecule has 1 fully saturated rings. The van der Waals surface area contributed by atoms with E-state index < -0.39 is 0 Å². The summed E-state index contributed by atoms with van der Waals surface area (Å²) in [6.07, 6.45) is 6.31. The van der Waals surface area contributed by atoms with Crippen molar-refractivity contribution in [2.45, 2.75) is 44.2 Å². The second kappa shape index (κ2) is 6.55. The van der Waals surface area contributed by atoms with E-state index >= 15 is 0 Å². The molecule has 4 nitrogen and oxygen atoms in total. The van der Waals surface area contributed by atoms with E-state index in [1.54, 1.807) is 7.11 Å². The molecular weight excluding hydrogens is 252 g/mol. The SMILES string of the molecule is CNC(c1ncccc1OC)C1(OC)CCC(C)CC1. The molecule has 1 N–H and O–H groups in total. The Morgan fingerprint density at radius 3 is 2.60 bits per heavy atom. The van der Waals surface area contributed by atoms with Gasteiger partial charge in [-0.15, -0.1) is 0 Å². The number of hydrogen-bond acceptors (Lipinski definition) is 4. The highest BCUT2D eigenvalue weighted by Gasteiger charge is 2.43. The summed E-state index contributed by atoms with van der Waals surface area (Å²) in [6.45, 7) is 2.31. The molecule has 0 spiro atoms. The standard InChI is InChI=1S/C16H26N2O2/c1-12-7-9-16(20-4,10-8-12)15(17-2)14-13(19-3)6-5-11-18-14/h5-6,11-12,15,17H,7-10H2,1-4H3. The third-order valence-electron chi connectivity index (χ3n) is 4.64. The van der Waals surface area contributed by atoms with Crippen LogP contribution in [0, 0.1) is 5.92 Å². The van der Waals surface area contributed by atoms with Crippen molar-refractivity contribution >= 4 is 0 Å². The van der Waals surface area contributed by atoms with Crippen LogP contribution in [0.4, 0.5) is 0 Å². The zero-order valence-electron chi connectivity index (χ0n) is 13.0. The normalized spacial score (nSPS) is 28.1. The molecule has 0 saturated heterocycles. The Kier molecular flexibility index (Phi) is 5.00. The van der Waals surface area contributed by atoms with Crippen LogP contribution in [0.25, 0.3) is 0 Å². The minimum absolute atomic E-state index is 0.0520. The van der Waals surface area contributed by atoms with E-state index in [2.05, 4.69) is 17.2 Å². The molecule has 1 unspecified atom stereocenters. The summed E-state index contributed by atoms with van der Waals surface area (Å²) in [7, 11) is 5.48. The predicted molar refractivity (Wildman–Crippen MR) is 80.0 cm³/mol. The van der Waals surface area contributed by atoms with Crippen LogP contribution in [0.3, 0.4) is 0 Å². The van der Waals surface area contributed by atoms with Crippen LogP contribution in [0.1, 0.15) is 44.3 Å². The van der Waals surface area contributed by atoms with Gasteiger partial charge in [0.15, 0.2) is 0 Å². The van der Waals surface area contributed by atoms with Crippen LogP contribution >= 0.6 is 0 Å². The van der Waals surface area contributed by atoms with Gasteiger partial charge in [0.2, 0.25) is 0 Å². The third kappa shape index (κ3) is 2.81. The number of nitrogens with zero attached hydrogens (tertiary/aromatic N) is 1. The molecule has 20 heavy (non-hydrogen) atoms. The molecule has 0 aliphatic heterocycles. The molecule has 1 aliphatic rings. The van der Waals surface area contributed by atoms with Crippen LogP contribution in [0.2, 0.25) is 0 Å². The summed E-state index contributed by atoms with van der Waals surface area (Å²) >= 11 is 0. The second-order valence-corrected chi connectivity index (χ2v) is 5.76. The zero-order chi connectivity index (χ0) is 14.6. The summed E-state index contributed by atoms with van der Waals surface area (Å²) in [5.74, 6) is 1.60. The summed E-state index contributed by atoms with van der Waals surface area (Å²) in [6, 6.07) is 3.91. The minimum atomic E-state index is -0.192. The van der Waals surface area contributed by atoms with Crippen molar-refractivity contribution in [3.8, 4) is 5.75 Å². The highest BCUT2D eigenvalue weighted by Crippen LogP contribution is 2.43. The summed E-state index contributed by atoms with van der Waals surface area (Å²) in [5.41, 5.74) is 0.747. The maximum absolute atomic E-state index is 5.98. The highest BCUT2D eigenvalue weighted by atomic mass is 16.5. The lowest BCUT2D eigenvalue weighted by Crippen LogP contribution is -2.47. The van der Waals surface area contributed by atoms with Crippen molar-refractivity contribution < 1.29 is 9.47 Å². The number of hydrogen-bond donors (Lipinski definition) is 1. The van der Waals surface area contributed by atoms with Crippen LogP contribution < -0.4 is 10.1 Å². The Bertz CT molecular complexity index is 428. The van der Waals surface area contributed by atoms with Crippen molar-refractivity contribution in [3.63, 3.8) is 0 Å². The minimum Gasteiger partial charge on any atom is -0.495 e. The van der Waals surface area contributed by atoms with Crippen molar-refractivity contribution in [3.05, 3.63) is 24.0 Å². The quantitative estimate of drug-likeness (QED) is 0.899. The molecule has 0 aromatic carbocycles. The van der Waals surface area contributed by atoms with E-state index in [0.29, 0.717) is 0 Å². The highest BCUT2D eigenvalue weighted by molar-refractivity contribution is 5.31. The van der Waals surface area contributed by atoms with E-state index in [1.807, 2.05) is 32.5 Å². The van der Waals surface area contributed by atoms with Gasteiger partial charge in [0.1, 0.15) is 11.4 Å². The molecule has 1 aromatic rings. The Hall–Kier alpha value is -1.13. The summed E-state index contributed by atoms with van der Waals surface area (Å²) in [4.78, 5) is 4.54. The molecule has 112 valence electrons. The first-order valence-electron chi connectivity index (χ1n) is 7.38. The van der Waals surface area contributed by atoms with Gasteiger partial charge in [-0.3, -0.25) is 4.98 Å². The Morgan fingerprint density at radius 1 is 1.35 bits per heavy atom. The van der Waals surface area contributed by atoms with E-state index in [9.17, 15) is 0 Å². The summed E-state index contributed by atoms with van der Waals surface area (Å²) < 4.78 is 11.4. The Balaban J connectivity index is 2.34. The van der Waals surface area contributed by atoms with Crippen LogP contribution in [-0.4, -0.2) is 31.9 Å².